The molecule has 0 spiro atoms. The van der Waals surface area contributed by atoms with Crippen molar-refractivity contribution in [2.45, 2.75) is 19.3 Å². The van der Waals surface area contributed by atoms with E-state index in [0.29, 0.717) is 18.9 Å². The van der Waals surface area contributed by atoms with Gasteiger partial charge in [0.25, 0.3) is 0 Å². The minimum Gasteiger partial charge on any atom is -0.494 e. The molecule has 1 heterocycles. The van der Waals surface area contributed by atoms with Crippen LogP contribution in [0.25, 0.3) is 0 Å². The number of nitrogens with zero attached hydrogens (tertiary/aromatic N) is 1. The van der Waals surface area contributed by atoms with E-state index in [1.54, 1.807) is 0 Å². The topological polar surface area (TPSA) is 45.0 Å². The lowest BCUT2D eigenvalue weighted by atomic mass is 9.98. The van der Waals surface area contributed by atoms with Gasteiger partial charge in [-0.05, 0) is 30.7 Å². The molecule has 1 N–H and O–H groups in total. The molecule has 1 aliphatic rings. The van der Waals surface area contributed by atoms with E-state index >= 15 is 0 Å². The highest BCUT2D eigenvalue weighted by Crippen LogP contribution is 2.35. The van der Waals surface area contributed by atoms with Crippen LogP contribution in [0, 0.1) is 11.3 Å². The van der Waals surface area contributed by atoms with Gasteiger partial charge in [0.05, 0.1) is 12.7 Å². The molecular weight excluding hydrogens is 188 g/mol. The molecule has 1 aliphatic heterocycles. The van der Waals surface area contributed by atoms with Crippen molar-refractivity contribution in [3.8, 4) is 11.8 Å². The van der Waals surface area contributed by atoms with Gasteiger partial charge >= 0.3 is 0 Å². The van der Waals surface area contributed by atoms with E-state index in [2.05, 4.69) is 11.4 Å². The summed E-state index contributed by atoms with van der Waals surface area (Å²) in [5.41, 5.74) is 2.35. The van der Waals surface area contributed by atoms with E-state index in [-0.39, 0.29) is 0 Å². The highest BCUT2D eigenvalue weighted by Gasteiger charge is 2.22. The Labute approximate surface area is 89.7 Å². The highest BCUT2D eigenvalue weighted by molar-refractivity contribution is 5.60. The molecule has 0 bridgehead atoms. The smallest absolute Gasteiger partial charge is 0.119 e. The first-order valence-electron chi connectivity index (χ1n) is 5.22. The molecule has 15 heavy (non-hydrogen) atoms. The summed E-state index contributed by atoms with van der Waals surface area (Å²) >= 11 is 0. The molecule has 0 aromatic heterocycles. The summed E-state index contributed by atoms with van der Waals surface area (Å²) in [4.78, 5) is 0. The zero-order valence-corrected chi connectivity index (χ0v) is 8.79. The van der Waals surface area contributed by atoms with Gasteiger partial charge in [-0.25, -0.2) is 0 Å². The summed E-state index contributed by atoms with van der Waals surface area (Å²) in [6.45, 7) is 3.51. The molecule has 0 fully saturated rings. The molecule has 2 rings (SSSR count). The fourth-order valence-corrected chi connectivity index (χ4v) is 1.93. The van der Waals surface area contributed by atoms with E-state index in [9.17, 15) is 0 Å². The third-order valence-corrected chi connectivity index (χ3v) is 2.65. The third-order valence-electron chi connectivity index (χ3n) is 2.65. The van der Waals surface area contributed by atoms with E-state index in [4.69, 9.17) is 10.00 Å². The van der Waals surface area contributed by atoms with Crippen LogP contribution in [0.5, 0.6) is 5.75 Å². The summed E-state index contributed by atoms with van der Waals surface area (Å²) in [5, 5.41) is 12.0. The maximum atomic E-state index is 8.72. The van der Waals surface area contributed by atoms with Gasteiger partial charge in [-0.2, -0.15) is 5.26 Å². The van der Waals surface area contributed by atoms with Crippen LogP contribution in [0.1, 0.15) is 24.8 Å². The first-order valence-corrected chi connectivity index (χ1v) is 5.22. The molecule has 0 aliphatic carbocycles. The Morgan fingerprint density at radius 2 is 2.47 bits per heavy atom. The SMILES string of the molecule is CCOc1ccc2c(c1)C(CC#N)CN2. The van der Waals surface area contributed by atoms with Crippen LogP contribution < -0.4 is 10.1 Å². The average molecular weight is 202 g/mol. The lowest BCUT2D eigenvalue weighted by molar-refractivity contribution is 0.340. The number of nitrogens with one attached hydrogen (secondary N) is 1. The van der Waals surface area contributed by atoms with Crippen molar-refractivity contribution in [3.05, 3.63) is 23.8 Å². The second kappa shape index (κ2) is 4.22. The zero-order chi connectivity index (χ0) is 10.7. The Balaban J connectivity index is 2.26. The third kappa shape index (κ3) is 1.89. The van der Waals surface area contributed by atoms with Crippen LogP contribution in [0.15, 0.2) is 18.2 Å². The normalized spacial score (nSPS) is 17.7. The second-order valence-corrected chi connectivity index (χ2v) is 3.62. The van der Waals surface area contributed by atoms with Crippen LogP contribution in [0.3, 0.4) is 0 Å². The van der Waals surface area contributed by atoms with Gasteiger partial charge in [0.2, 0.25) is 0 Å². The zero-order valence-electron chi connectivity index (χ0n) is 8.79. The Morgan fingerprint density at radius 3 is 3.20 bits per heavy atom. The van der Waals surface area contributed by atoms with Crippen molar-refractivity contribution in [1.29, 1.82) is 5.26 Å². The predicted octanol–water partition coefficient (Wildman–Crippen LogP) is 2.51. The average Bonchev–Trinajstić information content (AvgIpc) is 2.63. The van der Waals surface area contributed by atoms with Gasteiger partial charge in [0.1, 0.15) is 5.75 Å². The number of benzene rings is 1. The monoisotopic (exact) mass is 202 g/mol. The lowest BCUT2D eigenvalue weighted by Gasteiger charge is -2.08. The Morgan fingerprint density at radius 1 is 1.60 bits per heavy atom. The van der Waals surface area contributed by atoms with Crippen LogP contribution in [0.2, 0.25) is 0 Å². The number of rotatable bonds is 3. The minimum atomic E-state index is 0.311. The standard InChI is InChI=1S/C12H14N2O/c1-2-15-10-3-4-12-11(7-10)9(5-6-13)8-14-12/h3-4,7,9,14H,2,5,8H2,1H3. The summed E-state index contributed by atoms with van der Waals surface area (Å²) in [6, 6.07) is 8.25. The molecule has 1 atom stereocenters. The van der Waals surface area contributed by atoms with E-state index < -0.39 is 0 Å². The van der Waals surface area contributed by atoms with Gasteiger partial charge in [0.15, 0.2) is 0 Å². The lowest BCUT2D eigenvalue weighted by Crippen LogP contribution is -2.00. The largest absolute Gasteiger partial charge is 0.494 e. The molecule has 0 amide bonds. The minimum absolute atomic E-state index is 0.311. The number of hydrogen-bond acceptors (Lipinski definition) is 3. The summed E-state index contributed by atoms with van der Waals surface area (Å²) in [6.07, 6.45) is 0.565. The van der Waals surface area contributed by atoms with Gasteiger partial charge in [0, 0.05) is 24.6 Å². The molecule has 78 valence electrons. The number of nitriles is 1. The first-order chi connectivity index (χ1) is 7.35. The van der Waals surface area contributed by atoms with Crippen LogP contribution in [-0.4, -0.2) is 13.2 Å². The number of anilines is 1. The van der Waals surface area contributed by atoms with Crippen LogP contribution in [0.4, 0.5) is 5.69 Å². The van der Waals surface area contributed by atoms with Crippen molar-refractivity contribution in [3.63, 3.8) is 0 Å². The van der Waals surface area contributed by atoms with Gasteiger partial charge in [-0.3, -0.25) is 0 Å². The quantitative estimate of drug-likeness (QED) is 0.819. The Kier molecular flexibility index (Phi) is 2.77. The fourth-order valence-electron chi connectivity index (χ4n) is 1.93. The van der Waals surface area contributed by atoms with E-state index in [0.717, 1.165) is 18.0 Å². The van der Waals surface area contributed by atoms with E-state index in [1.165, 1.54) is 5.56 Å². The number of fused-ring (bicyclic) bond motifs is 1. The maximum absolute atomic E-state index is 8.72. The summed E-state index contributed by atoms with van der Waals surface area (Å²) in [5.74, 6) is 1.20. The van der Waals surface area contributed by atoms with Crippen molar-refractivity contribution in [2.24, 2.45) is 0 Å². The van der Waals surface area contributed by atoms with Gasteiger partial charge < -0.3 is 10.1 Å². The molecule has 3 nitrogen and oxygen atoms in total. The highest BCUT2D eigenvalue weighted by atomic mass is 16.5. The molecule has 1 aromatic rings. The predicted molar refractivity (Wildman–Crippen MR) is 59.1 cm³/mol. The van der Waals surface area contributed by atoms with Crippen molar-refractivity contribution >= 4 is 5.69 Å². The Bertz CT molecular complexity index is 395. The molecule has 0 radical (unpaired) electrons. The molecule has 1 unspecified atom stereocenters. The molecular formula is C12H14N2O. The van der Waals surface area contributed by atoms with Crippen LogP contribution >= 0.6 is 0 Å². The molecule has 1 aromatic carbocycles. The van der Waals surface area contributed by atoms with Crippen molar-refractivity contribution < 1.29 is 4.74 Å². The van der Waals surface area contributed by atoms with Crippen molar-refractivity contribution in [1.82, 2.24) is 0 Å². The second-order valence-electron chi connectivity index (χ2n) is 3.62. The number of hydrogen-bond donors (Lipinski definition) is 1. The first kappa shape index (κ1) is 9.85. The maximum Gasteiger partial charge on any atom is 0.119 e. The molecule has 0 saturated heterocycles. The Hall–Kier alpha value is -1.69. The summed E-state index contributed by atoms with van der Waals surface area (Å²) < 4.78 is 5.45. The molecule has 3 heteroatoms. The summed E-state index contributed by atoms with van der Waals surface area (Å²) in [7, 11) is 0. The van der Waals surface area contributed by atoms with Crippen molar-refractivity contribution in [2.75, 3.05) is 18.5 Å². The van der Waals surface area contributed by atoms with Gasteiger partial charge in [-0.1, -0.05) is 0 Å². The molecule has 0 saturated carbocycles. The van der Waals surface area contributed by atoms with Gasteiger partial charge in [-0.15, -0.1) is 0 Å². The fraction of sp³-hybridized carbons (Fsp3) is 0.417. The number of ether oxygens (including phenoxy) is 1. The van der Waals surface area contributed by atoms with E-state index in [1.807, 2.05) is 25.1 Å². The van der Waals surface area contributed by atoms with Crippen LogP contribution in [-0.2, 0) is 0 Å².